The van der Waals surface area contributed by atoms with Crippen molar-refractivity contribution in [1.29, 1.82) is 0 Å². The SMILES string of the molecule is COC(=O)c1ccc(C#CCOc2ccc(CC(C)(C)C)cc2)cc1. The first kappa shape index (κ1) is 18.6. The van der Waals surface area contributed by atoms with Gasteiger partial charge in [0.2, 0.25) is 0 Å². The normalized spacial score (nSPS) is 10.6. The van der Waals surface area contributed by atoms with Gasteiger partial charge >= 0.3 is 5.97 Å². The molecule has 25 heavy (non-hydrogen) atoms. The van der Waals surface area contributed by atoms with Crippen molar-refractivity contribution in [3.8, 4) is 17.6 Å². The highest BCUT2D eigenvalue weighted by Crippen LogP contribution is 2.22. The first-order valence-corrected chi connectivity index (χ1v) is 8.26. The van der Waals surface area contributed by atoms with E-state index < -0.39 is 0 Å². The Morgan fingerprint density at radius 2 is 1.64 bits per heavy atom. The van der Waals surface area contributed by atoms with Gasteiger partial charge < -0.3 is 9.47 Å². The predicted octanol–water partition coefficient (Wildman–Crippen LogP) is 4.49. The molecule has 0 amide bonds. The summed E-state index contributed by atoms with van der Waals surface area (Å²) in [6, 6.07) is 15.1. The maximum Gasteiger partial charge on any atom is 0.337 e. The monoisotopic (exact) mass is 336 g/mol. The summed E-state index contributed by atoms with van der Waals surface area (Å²) in [6.45, 7) is 7.00. The molecule has 2 aromatic rings. The Bertz CT molecular complexity index is 754. The van der Waals surface area contributed by atoms with Gasteiger partial charge in [-0.3, -0.25) is 0 Å². The lowest BCUT2D eigenvalue weighted by Crippen LogP contribution is -2.08. The minimum atomic E-state index is -0.349. The molecule has 3 heteroatoms. The predicted molar refractivity (Wildman–Crippen MR) is 99.8 cm³/mol. The van der Waals surface area contributed by atoms with E-state index in [1.54, 1.807) is 24.3 Å². The van der Waals surface area contributed by atoms with Crippen LogP contribution in [0.5, 0.6) is 5.75 Å². The van der Waals surface area contributed by atoms with Gasteiger partial charge in [0.1, 0.15) is 12.4 Å². The van der Waals surface area contributed by atoms with Gasteiger partial charge in [0.15, 0.2) is 0 Å². The maximum atomic E-state index is 11.4. The molecule has 0 saturated carbocycles. The number of carbonyl (C=O) groups excluding carboxylic acids is 1. The lowest BCUT2D eigenvalue weighted by atomic mass is 9.88. The Hall–Kier alpha value is -2.73. The summed E-state index contributed by atoms with van der Waals surface area (Å²) in [5.74, 6) is 6.46. The molecule has 0 spiro atoms. The average molecular weight is 336 g/mol. The van der Waals surface area contributed by atoms with E-state index in [9.17, 15) is 4.79 Å². The second-order valence-corrected chi connectivity index (χ2v) is 7.04. The van der Waals surface area contributed by atoms with Crippen LogP contribution >= 0.6 is 0 Å². The van der Waals surface area contributed by atoms with Gasteiger partial charge in [-0.15, -0.1) is 0 Å². The maximum absolute atomic E-state index is 11.4. The number of esters is 1. The zero-order valence-corrected chi connectivity index (χ0v) is 15.3. The molecule has 0 unspecified atom stereocenters. The van der Waals surface area contributed by atoms with Crippen molar-refractivity contribution >= 4 is 5.97 Å². The third kappa shape index (κ3) is 6.35. The molecule has 0 aromatic heterocycles. The molecule has 0 fully saturated rings. The third-order valence-corrected chi connectivity index (χ3v) is 3.51. The first-order valence-electron chi connectivity index (χ1n) is 8.26. The molecule has 0 saturated heterocycles. The number of methoxy groups -OCH3 is 1. The molecular weight excluding hydrogens is 312 g/mol. The van der Waals surface area contributed by atoms with E-state index in [2.05, 4.69) is 49.5 Å². The van der Waals surface area contributed by atoms with Crippen LogP contribution in [0.15, 0.2) is 48.5 Å². The Morgan fingerprint density at radius 1 is 1.00 bits per heavy atom. The molecule has 0 bridgehead atoms. The minimum absolute atomic E-state index is 0.275. The molecule has 2 rings (SSSR count). The zero-order valence-electron chi connectivity index (χ0n) is 15.3. The fourth-order valence-electron chi connectivity index (χ4n) is 2.38. The van der Waals surface area contributed by atoms with Crippen LogP contribution in [-0.2, 0) is 11.2 Å². The average Bonchev–Trinajstić information content (AvgIpc) is 2.58. The Labute approximate surface area is 150 Å². The zero-order chi connectivity index (χ0) is 18.3. The van der Waals surface area contributed by atoms with Gasteiger partial charge in [0.25, 0.3) is 0 Å². The van der Waals surface area contributed by atoms with Crippen LogP contribution in [0.25, 0.3) is 0 Å². The van der Waals surface area contributed by atoms with Gasteiger partial charge in [-0.05, 0) is 53.8 Å². The van der Waals surface area contributed by atoms with Crippen molar-refractivity contribution in [2.24, 2.45) is 5.41 Å². The van der Waals surface area contributed by atoms with Crippen LogP contribution in [0.2, 0.25) is 0 Å². The van der Waals surface area contributed by atoms with Crippen molar-refractivity contribution in [1.82, 2.24) is 0 Å². The lowest BCUT2D eigenvalue weighted by Gasteiger charge is -2.18. The molecule has 0 aliphatic carbocycles. The number of carbonyl (C=O) groups is 1. The summed E-state index contributed by atoms with van der Waals surface area (Å²) in [6.07, 6.45) is 1.04. The largest absolute Gasteiger partial charge is 0.481 e. The fourth-order valence-corrected chi connectivity index (χ4v) is 2.38. The summed E-state index contributed by atoms with van der Waals surface area (Å²) in [5.41, 5.74) is 2.92. The van der Waals surface area contributed by atoms with Crippen LogP contribution < -0.4 is 4.74 Å². The minimum Gasteiger partial charge on any atom is -0.481 e. The molecule has 0 aliphatic rings. The standard InChI is InChI=1S/C22H24O3/c1-22(2,3)16-18-9-13-20(14-10-18)25-15-5-6-17-7-11-19(12-8-17)21(23)24-4/h7-14H,15-16H2,1-4H3. The van der Waals surface area contributed by atoms with Gasteiger partial charge in [0, 0.05) is 5.56 Å². The Kier molecular flexibility index (Phi) is 6.25. The second kappa shape index (κ2) is 8.39. The van der Waals surface area contributed by atoms with Crippen LogP contribution in [0.3, 0.4) is 0 Å². The summed E-state index contributed by atoms with van der Waals surface area (Å²) < 4.78 is 10.3. The molecule has 0 atom stereocenters. The second-order valence-electron chi connectivity index (χ2n) is 7.04. The van der Waals surface area contributed by atoms with Gasteiger partial charge in [0.05, 0.1) is 12.7 Å². The number of hydrogen-bond acceptors (Lipinski definition) is 3. The molecule has 0 heterocycles. The van der Waals surface area contributed by atoms with E-state index in [-0.39, 0.29) is 11.4 Å². The summed E-state index contributed by atoms with van der Waals surface area (Å²) in [5, 5.41) is 0. The Balaban J connectivity index is 1.87. The molecule has 0 radical (unpaired) electrons. The van der Waals surface area contributed by atoms with E-state index in [0.717, 1.165) is 17.7 Å². The molecule has 0 aliphatic heterocycles. The van der Waals surface area contributed by atoms with Crippen LogP contribution in [0.1, 0.15) is 42.3 Å². The number of hydrogen-bond donors (Lipinski definition) is 0. The van der Waals surface area contributed by atoms with Crippen LogP contribution in [-0.4, -0.2) is 19.7 Å². The molecule has 2 aromatic carbocycles. The summed E-state index contributed by atoms with van der Waals surface area (Å²) >= 11 is 0. The quantitative estimate of drug-likeness (QED) is 0.609. The van der Waals surface area contributed by atoms with E-state index in [1.165, 1.54) is 12.7 Å². The van der Waals surface area contributed by atoms with Crippen LogP contribution in [0.4, 0.5) is 0 Å². The van der Waals surface area contributed by atoms with E-state index in [0.29, 0.717) is 12.2 Å². The topological polar surface area (TPSA) is 35.5 Å². The van der Waals surface area contributed by atoms with E-state index >= 15 is 0 Å². The van der Waals surface area contributed by atoms with Crippen molar-refractivity contribution in [3.63, 3.8) is 0 Å². The molecule has 130 valence electrons. The number of benzene rings is 2. The number of ether oxygens (including phenoxy) is 2. The van der Waals surface area contributed by atoms with Crippen molar-refractivity contribution in [2.75, 3.05) is 13.7 Å². The fraction of sp³-hybridized carbons (Fsp3) is 0.318. The highest BCUT2D eigenvalue weighted by Gasteiger charge is 2.10. The van der Waals surface area contributed by atoms with E-state index in [4.69, 9.17) is 4.74 Å². The summed E-state index contributed by atoms with van der Waals surface area (Å²) in [4.78, 5) is 11.4. The number of rotatable bonds is 4. The Morgan fingerprint density at radius 3 is 2.20 bits per heavy atom. The third-order valence-electron chi connectivity index (χ3n) is 3.51. The highest BCUT2D eigenvalue weighted by molar-refractivity contribution is 5.89. The molecular formula is C22H24O3. The van der Waals surface area contributed by atoms with Gasteiger partial charge in [-0.1, -0.05) is 44.7 Å². The molecule has 0 N–H and O–H groups in total. The van der Waals surface area contributed by atoms with Gasteiger partial charge in [-0.25, -0.2) is 4.79 Å². The highest BCUT2D eigenvalue weighted by atomic mass is 16.5. The summed E-state index contributed by atoms with van der Waals surface area (Å²) in [7, 11) is 1.36. The lowest BCUT2D eigenvalue weighted by molar-refractivity contribution is 0.0600. The first-order chi connectivity index (χ1) is 11.9. The van der Waals surface area contributed by atoms with Crippen molar-refractivity contribution in [3.05, 3.63) is 65.2 Å². The smallest absolute Gasteiger partial charge is 0.337 e. The van der Waals surface area contributed by atoms with Crippen molar-refractivity contribution in [2.45, 2.75) is 27.2 Å². The molecule has 3 nitrogen and oxygen atoms in total. The van der Waals surface area contributed by atoms with Crippen molar-refractivity contribution < 1.29 is 14.3 Å². The van der Waals surface area contributed by atoms with Gasteiger partial charge in [-0.2, -0.15) is 0 Å². The van der Waals surface area contributed by atoms with E-state index in [1.807, 2.05) is 12.1 Å². The van der Waals surface area contributed by atoms with Crippen LogP contribution in [0, 0.1) is 17.3 Å².